The molecular weight excluding hydrogens is 170 g/mol. The zero-order valence-electron chi connectivity index (χ0n) is 7.64. The summed E-state index contributed by atoms with van der Waals surface area (Å²) in [6.45, 7) is -0.263. The minimum Gasteiger partial charge on any atom is -0.550 e. The van der Waals surface area contributed by atoms with E-state index in [4.69, 9.17) is 0 Å². The molecule has 0 aromatic heterocycles. The molecule has 0 saturated heterocycles. The van der Waals surface area contributed by atoms with Gasteiger partial charge in [0.1, 0.15) is 0 Å². The zero-order valence-corrected chi connectivity index (χ0v) is 9.64. The van der Waals surface area contributed by atoms with Gasteiger partial charge in [0, 0.05) is 5.97 Å². The number of halogens is 1. The topological polar surface area (TPSA) is 40.1 Å². The van der Waals surface area contributed by atoms with Crippen LogP contribution in [0.1, 0.15) is 38.5 Å². The van der Waals surface area contributed by atoms with Crippen molar-refractivity contribution in [3.8, 4) is 0 Å². The van der Waals surface area contributed by atoms with Crippen LogP contribution in [0.4, 0.5) is 4.39 Å². The Morgan fingerprint density at radius 3 is 2.08 bits per heavy atom. The fourth-order valence-corrected chi connectivity index (χ4v) is 0.894. The largest absolute Gasteiger partial charge is 1.00 e. The molecule has 66 valence electrons. The second-order valence-electron chi connectivity index (χ2n) is 2.58. The Kier molecular flexibility index (Phi) is 14.2. The molecule has 0 aliphatic heterocycles. The molecule has 0 heterocycles. The molecule has 2 nitrogen and oxygen atoms in total. The van der Waals surface area contributed by atoms with E-state index in [9.17, 15) is 14.3 Å². The summed E-state index contributed by atoms with van der Waals surface area (Å²) < 4.78 is 11.5. The SMILES string of the molecule is O=C([O-])CCCCCCCF.[Na+]. The maximum atomic E-state index is 11.5. The molecule has 0 radical (unpaired) electrons. The van der Waals surface area contributed by atoms with Crippen molar-refractivity contribution in [2.45, 2.75) is 38.5 Å². The van der Waals surface area contributed by atoms with Gasteiger partial charge in [0.25, 0.3) is 0 Å². The Hall–Kier alpha value is 0.400. The number of carbonyl (C=O) groups is 1. The van der Waals surface area contributed by atoms with Gasteiger partial charge in [-0.3, -0.25) is 4.39 Å². The predicted octanol–water partition coefficient (Wildman–Crippen LogP) is -1.95. The fraction of sp³-hybridized carbons (Fsp3) is 0.875. The average Bonchev–Trinajstić information content (AvgIpc) is 1.96. The van der Waals surface area contributed by atoms with Crippen LogP contribution in [0.15, 0.2) is 0 Å². The third kappa shape index (κ3) is 13.0. The minimum absolute atomic E-state index is 0. The van der Waals surface area contributed by atoms with Crippen LogP contribution >= 0.6 is 0 Å². The average molecular weight is 184 g/mol. The first kappa shape index (κ1) is 14.9. The van der Waals surface area contributed by atoms with Crippen LogP contribution in [0.5, 0.6) is 0 Å². The molecule has 0 rings (SSSR count). The van der Waals surface area contributed by atoms with E-state index in [1.54, 1.807) is 0 Å². The van der Waals surface area contributed by atoms with E-state index >= 15 is 0 Å². The second-order valence-corrected chi connectivity index (χ2v) is 2.58. The summed E-state index contributed by atoms with van der Waals surface area (Å²) in [6.07, 6.45) is 4.06. The van der Waals surface area contributed by atoms with Gasteiger partial charge in [-0.2, -0.15) is 0 Å². The molecular formula is C8H14FNaO2. The molecule has 0 unspecified atom stereocenters. The van der Waals surface area contributed by atoms with E-state index in [-0.39, 0.29) is 42.7 Å². The Morgan fingerprint density at radius 2 is 1.58 bits per heavy atom. The van der Waals surface area contributed by atoms with Gasteiger partial charge in [-0.1, -0.05) is 19.3 Å². The van der Waals surface area contributed by atoms with Gasteiger partial charge in [0.15, 0.2) is 0 Å². The van der Waals surface area contributed by atoms with Crippen LogP contribution in [-0.4, -0.2) is 12.6 Å². The summed E-state index contributed by atoms with van der Waals surface area (Å²) in [5.74, 6) is -0.990. The van der Waals surface area contributed by atoms with Crippen LogP contribution < -0.4 is 34.7 Å². The van der Waals surface area contributed by atoms with Crippen LogP contribution in [0.25, 0.3) is 0 Å². The van der Waals surface area contributed by atoms with Crippen molar-refractivity contribution in [2.75, 3.05) is 6.67 Å². The van der Waals surface area contributed by atoms with Crippen molar-refractivity contribution in [1.29, 1.82) is 0 Å². The van der Waals surface area contributed by atoms with Gasteiger partial charge in [-0.15, -0.1) is 0 Å². The smallest absolute Gasteiger partial charge is 0.550 e. The molecule has 0 amide bonds. The van der Waals surface area contributed by atoms with E-state index < -0.39 is 5.97 Å². The zero-order chi connectivity index (χ0) is 8.53. The number of rotatable bonds is 7. The maximum absolute atomic E-state index is 11.5. The van der Waals surface area contributed by atoms with Crippen LogP contribution in [0, 0.1) is 0 Å². The summed E-state index contributed by atoms with van der Waals surface area (Å²) in [7, 11) is 0. The summed E-state index contributed by atoms with van der Waals surface area (Å²) in [5.41, 5.74) is 0. The number of carboxylic acid groups (broad SMARTS) is 1. The Morgan fingerprint density at radius 1 is 1.08 bits per heavy atom. The number of hydrogen-bond acceptors (Lipinski definition) is 2. The monoisotopic (exact) mass is 184 g/mol. The summed E-state index contributed by atoms with van der Waals surface area (Å²) in [5, 5.41) is 9.92. The number of carboxylic acids is 1. The molecule has 12 heavy (non-hydrogen) atoms. The summed E-state index contributed by atoms with van der Waals surface area (Å²) in [4.78, 5) is 9.92. The second kappa shape index (κ2) is 11.4. The minimum atomic E-state index is -0.990. The molecule has 0 aromatic carbocycles. The Balaban J connectivity index is 0. The number of carbonyl (C=O) groups excluding carboxylic acids is 1. The van der Waals surface area contributed by atoms with Crippen molar-refractivity contribution in [1.82, 2.24) is 0 Å². The van der Waals surface area contributed by atoms with Gasteiger partial charge in [-0.25, -0.2) is 0 Å². The van der Waals surface area contributed by atoms with Gasteiger partial charge in [0.2, 0.25) is 0 Å². The molecule has 0 aliphatic rings. The molecule has 0 spiro atoms. The third-order valence-corrected chi connectivity index (χ3v) is 1.51. The molecule has 0 aromatic rings. The standard InChI is InChI=1S/C8H15FO2.Na/c9-7-5-3-1-2-4-6-8(10)11;/h1-7H2,(H,10,11);/q;+1/p-1. The van der Waals surface area contributed by atoms with Crippen molar-refractivity contribution < 1.29 is 43.8 Å². The van der Waals surface area contributed by atoms with Crippen molar-refractivity contribution in [3.05, 3.63) is 0 Å². The molecule has 4 heteroatoms. The fourth-order valence-electron chi connectivity index (χ4n) is 0.894. The maximum Gasteiger partial charge on any atom is 1.00 e. The number of alkyl halides is 1. The van der Waals surface area contributed by atoms with Gasteiger partial charge < -0.3 is 9.90 Å². The number of unbranched alkanes of at least 4 members (excludes halogenated alkanes) is 4. The quantitative estimate of drug-likeness (QED) is 0.341. The Bertz CT molecular complexity index is 109. The first-order chi connectivity index (χ1) is 5.27. The van der Waals surface area contributed by atoms with Crippen molar-refractivity contribution >= 4 is 5.97 Å². The first-order valence-corrected chi connectivity index (χ1v) is 4.03. The van der Waals surface area contributed by atoms with Crippen LogP contribution in [0.2, 0.25) is 0 Å². The Labute approximate surface area is 94.8 Å². The number of hydrogen-bond donors (Lipinski definition) is 0. The first-order valence-electron chi connectivity index (χ1n) is 4.03. The van der Waals surface area contributed by atoms with Gasteiger partial charge in [-0.05, 0) is 19.3 Å². The van der Waals surface area contributed by atoms with E-state index in [0.29, 0.717) is 12.8 Å². The van der Waals surface area contributed by atoms with E-state index in [1.807, 2.05) is 0 Å². The summed E-state index contributed by atoms with van der Waals surface area (Å²) in [6, 6.07) is 0. The number of aliphatic carboxylic acids is 1. The molecule has 0 fully saturated rings. The molecule has 0 bridgehead atoms. The van der Waals surface area contributed by atoms with Crippen molar-refractivity contribution in [2.24, 2.45) is 0 Å². The van der Waals surface area contributed by atoms with Gasteiger partial charge in [0.05, 0.1) is 6.67 Å². The predicted molar refractivity (Wildman–Crippen MR) is 38.7 cm³/mol. The van der Waals surface area contributed by atoms with E-state index in [1.165, 1.54) is 0 Å². The summed E-state index contributed by atoms with van der Waals surface area (Å²) >= 11 is 0. The van der Waals surface area contributed by atoms with Crippen LogP contribution in [0.3, 0.4) is 0 Å². The van der Waals surface area contributed by atoms with E-state index in [0.717, 1.165) is 19.3 Å². The normalized spacial score (nSPS) is 9.08. The van der Waals surface area contributed by atoms with Crippen LogP contribution in [-0.2, 0) is 4.79 Å². The molecule has 0 N–H and O–H groups in total. The third-order valence-electron chi connectivity index (χ3n) is 1.51. The van der Waals surface area contributed by atoms with Gasteiger partial charge >= 0.3 is 29.6 Å². The molecule has 0 aliphatic carbocycles. The molecule has 0 atom stereocenters. The van der Waals surface area contributed by atoms with E-state index in [2.05, 4.69) is 0 Å². The molecule has 0 saturated carbocycles. The van der Waals surface area contributed by atoms with Crippen molar-refractivity contribution in [3.63, 3.8) is 0 Å².